The Bertz CT molecular complexity index is 977. The molecule has 0 aliphatic rings. The maximum absolute atomic E-state index is 12.4. The normalized spacial score (nSPS) is 10.6. The van der Waals surface area contributed by atoms with E-state index < -0.39 is 5.97 Å². The van der Waals surface area contributed by atoms with Gasteiger partial charge in [-0.1, -0.05) is 35.9 Å². The third kappa shape index (κ3) is 3.78. The van der Waals surface area contributed by atoms with Crippen LogP contribution in [-0.2, 0) is 6.54 Å². The quantitative estimate of drug-likeness (QED) is 0.776. The van der Waals surface area contributed by atoms with Gasteiger partial charge in [0.15, 0.2) is 0 Å². The lowest BCUT2D eigenvalue weighted by Crippen LogP contribution is -2.25. The first kappa shape index (κ1) is 16.9. The van der Waals surface area contributed by atoms with E-state index in [0.29, 0.717) is 22.8 Å². The van der Waals surface area contributed by atoms with E-state index >= 15 is 0 Å². The van der Waals surface area contributed by atoms with Gasteiger partial charge in [0.2, 0.25) is 0 Å². The molecule has 0 aliphatic heterocycles. The predicted molar refractivity (Wildman–Crippen MR) is 96.2 cm³/mol. The van der Waals surface area contributed by atoms with Crippen molar-refractivity contribution in [2.45, 2.75) is 13.5 Å². The van der Waals surface area contributed by atoms with E-state index in [-0.39, 0.29) is 11.1 Å². The largest absolute Gasteiger partial charge is 0.478 e. The van der Waals surface area contributed by atoms with E-state index in [1.54, 1.807) is 37.3 Å². The van der Waals surface area contributed by atoms with Crippen molar-refractivity contribution in [1.82, 2.24) is 9.78 Å². The summed E-state index contributed by atoms with van der Waals surface area (Å²) < 4.78 is 1.40. The van der Waals surface area contributed by atoms with Crippen LogP contribution in [0, 0.1) is 6.92 Å². The first-order valence-corrected chi connectivity index (χ1v) is 7.99. The number of aromatic nitrogens is 2. The van der Waals surface area contributed by atoms with Gasteiger partial charge in [-0.05, 0) is 42.8 Å². The van der Waals surface area contributed by atoms with Crippen LogP contribution in [0.4, 0.5) is 0 Å². The van der Waals surface area contributed by atoms with Crippen molar-refractivity contribution in [3.63, 3.8) is 0 Å². The number of aryl methyl sites for hydroxylation is 1. The predicted octanol–water partition coefficient (Wildman–Crippen LogP) is 3.62. The molecular weight excluding hydrogens is 340 g/mol. The molecule has 1 aromatic heterocycles. The summed E-state index contributed by atoms with van der Waals surface area (Å²) in [6, 6.07) is 15.3. The van der Waals surface area contributed by atoms with E-state index in [0.717, 1.165) is 11.1 Å². The maximum Gasteiger partial charge on any atom is 0.335 e. The van der Waals surface area contributed by atoms with Crippen molar-refractivity contribution in [2.24, 2.45) is 0 Å². The third-order valence-electron chi connectivity index (χ3n) is 3.83. The van der Waals surface area contributed by atoms with Gasteiger partial charge < -0.3 is 5.11 Å². The Balaban J connectivity index is 1.98. The molecule has 5 nitrogen and oxygen atoms in total. The number of halogens is 1. The van der Waals surface area contributed by atoms with Gasteiger partial charge >= 0.3 is 5.97 Å². The first-order chi connectivity index (χ1) is 11.9. The highest BCUT2D eigenvalue weighted by Gasteiger charge is 2.09. The van der Waals surface area contributed by atoms with E-state index in [9.17, 15) is 9.59 Å². The van der Waals surface area contributed by atoms with E-state index in [2.05, 4.69) is 5.10 Å². The summed E-state index contributed by atoms with van der Waals surface area (Å²) in [6.45, 7) is 2.06. The number of benzene rings is 2. The van der Waals surface area contributed by atoms with E-state index in [4.69, 9.17) is 16.7 Å². The summed E-state index contributed by atoms with van der Waals surface area (Å²) >= 11 is 5.89. The molecule has 1 N–H and O–H groups in total. The van der Waals surface area contributed by atoms with Gasteiger partial charge in [0.1, 0.15) is 0 Å². The maximum atomic E-state index is 12.4. The van der Waals surface area contributed by atoms with Crippen molar-refractivity contribution in [3.8, 4) is 11.3 Å². The molecule has 126 valence electrons. The van der Waals surface area contributed by atoms with E-state index in [1.807, 2.05) is 12.1 Å². The zero-order valence-electron chi connectivity index (χ0n) is 13.4. The standard InChI is InChI=1S/C19H15ClN2O3/c1-12-10-17(14-4-6-15(7-5-14)19(24)25)21-22(18(12)23)11-13-2-8-16(20)9-3-13/h2-10H,11H2,1H3,(H,24,25). The van der Waals surface area contributed by atoms with Crippen LogP contribution in [0.3, 0.4) is 0 Å². The fourth-order valence-corrected chi connectivity index (χ4v) is 2.60. The van der Waals surface area contributed by atoms with Crippen LogP contribution >= 0.6 is 11.6 Å². The van der Waals surface area contributed by atoms with Crippen molar-refractivity contribution < 1.29 is 9.90 Å². The molecule has 0 atom stereocenters. The Morgan fingerprint density at radius 3 is 2.36 bits per heavy atom. The van der Waals surface area contributed by atoms with Crippen LogP contribution in [0.15, 0.2) is 59.4 Å². The molecule has 2 aromatic carbocycles. The Hall–Kier alpha value is -2.92. The van der Waals surface area contributed by atoms with Crippen molar-refractivity contribution in [2.75, 3.05) is 0 Å². The third-order valence-corrected chi connectivity index (χ3v) is 4.08. The Morgan fingerprint density at radius 2 is 1.76 bits per heavy atom. The highest BCUT2D eigenvalue weighted by Crippen LogP contribution is 2.18. The van der Waals surface area contributed by atoms with Gasteiger partial charge in [-0.3, -0.25) is 4.79 Å². The fourth-order valence-electron chi connectivity index (χ4n) is 2.47. The van der Waals surface area contributed by atoms with Crippen LogP contribution < -0.4 is 5.56 Å². The zero-order chi connectivity index (χ0) is 18.0. The zero-order valence-corrected chi connectivity index (χ0v) is 14.2. The van der Waals surface area contributed by atoms with Gasteiger partial charge in [0, 0.05) is 16.1 Å². The van der Waals surface area contributed by atoms with E-state index in [1.165, 1.54) is 16.8 Å². The van der Waals surface area contributed by atoms with Crippen LogP contribution in [0.1, 0.15) is 21.5 Å². The summed E-state index contributed by atoms with van der Waals surface area (Å²) in [5.41, 5.74) is 2.88. The Kier molecular flexibility index (Phi) is 4.67. The number of rotatable bonds is 4. The summed E-state index contributed by atoms with van der Waals surface area (Å²) in [4.78, 5) is 23.3. The lowest BCUT2D eigenvalue weighted by atomic mass is 10.1. The number of carbonyl (C=O) groups is 1. The average molecular weight is 355 g/mol. The molecular formula is C19H15ClN2O3. The van der Waals surface area contributed by atoms with Crippen molar-refractivity contribution >= 4 is 17.6 Å². The van der Waals surface area contributed by atoms with Gasteiger partial charge in [0.25, 0.3) is 5.56 Å². The number of hydrogen-bond acceptors (Lipinski definition) is 3. The number of carboxylic acids is 1. The molecule has 0 saturated heterocycles. The molecule has 3 aromatic rings. The molecule has 0 saturated carbocycles. The molecule has 1 heterocycles. The summed E-state index contributed by atoms with van der Waals surface area (Å²) in [7, 11) is 0. The SMILES string of the molecule is Cc1cc(-c2ccc(C(=O)O)cc2)nn(Cc2ccc(Cl)cc2)c1=O. The molecule has 3 rings (SSSR count). The summed E-state index contributed by atoms with van der Waals surface area (Å²) in [5.74, 6) is -0.983. The molecule has 6 heteroatoms. The number of nitrogens with zero attached hydrogens (tertiary/aromatic N) is 2. The summed E-state index contributed by atoms with van der Waals surface area (Å²) in [6.07, 6.45) is 0. The lowest BCUT2D eigenvalue weighted by molar-refractivity contribution is 0.0697. The topological polar surface area (TPSA) is 72.2 Å². The minimum atomic E-state index is -0.983. The highest BCUT2D eigenvalue weighted by molar-refractivity contribution is 6.30. The van der Waals surface area contributed by atoms with Crippen LogP contribution in [0.5, 0.6) is 0 Å². The lowest BCUT2D eigenvalue weighted by Gasteiger charge is -2.10. The van der Waals surface area contributed by atoms with Crippen LogP contribution in [0.2, 0.25) is 5.02 Å². The second-order valence-corrected chi connectivity index (χ2v) is 6.12. The molecule has 0 bridgehead atoms. The molecule has 0 radical (unpaired) electrons. The van der Waals surface area contributed by atoms with Crippen molar-refractivity contribution in [3.05, 3.63) is 86.7 Å². The first-order valence-electron chi connectivity index (χ1n) is 7.61. The van der Waals surface area contributed by atoms with Crippen molar-refractivity contribution in [1.29, 1.82) is 0 Å². The second-order valence-electron chi connectivity index (χ2n) is 5.68. The van der Waals surface area contributed by atoms with Gasteiger partial charge in [-0.15, -0.1) is 0 Å². The van der Waals surface area contributed by atoms with Gasteiger partial charge in [-0.2, -0.15) is 5.10 Å². The summed E-state index contributed by atoms with van der Waals surface area (Å²) in [5, 5.41) is 14.0. The Labute approximate surface area is 149 Å². The fraction of sp³-hybridized carbons (Fsp3) is 0.105. The average Bonchev–Trinajstić information content (AvgIpc) is 2.60. The minimum Gasteiger partial charge on any atom is -0.478 e. The molecule has 0 aliphatic carbocycles. The van der Waals surface area contributed by atoms with Crippen LogP contribution in [-0.4, -0.2) is 20.9 Å². The number of aromatic carboxylic acids is 1. The smallest absolute Gasteiger partial charge is 0.335 e. The molecule has 0 amide bonds. The molecule has 25 heavy (non-hydrogen) atoms. The van der Waals surface area contributed by atoms with Gasteiger partial charge in [0.05, 0.1) is 17.8 Å². The number of carboxylic acid groups (broad SMARTS) is 1. The Morgan fingerprint density at radius 1 is 1.12 bits per heavy atom. The highest BCUT2D eigenvalue weighted by atomic mass is 35.5. The minimum absolute atomic E-state index is 0.166. The molecule has 0 spiro atoms. The monoisotopic (exact) mass is 354 g/mol. The second kappa shape index (κ2) is 6.91. The number of hydrogen-bond donors (Lipinski definition) is 1. The molecule has 0 unspecified atom stereocenters. The molecule has 0 fully saturated rings. The van der Waals surface area contributed by atoms with Crippen LogP contribution in [0.25, 0.3) is 11.3 Å². The van der Waals surface area contributed by atoms with Gasteiger partial charge in [-0.25, -0.2) is 9.48 Å².